The normalized spacial score (nSPS) is 11.2. The Kier molecular flexibility index (Phi) is 5.66. The van der Waals surface area contributed by atoms with Gasteiger partial charge in [-0.2, -0.15) is 0 Å². The molecule has 0 unspecified atom stereocenters. The number of hydrogen-bond donors (Lipinski definition) is 1. The number of carbonyl (C=O) groups is 1. The third-order valence-corrected chi connectivity index (χ3v) is 6.38. The zero-order chi connectivity index (χ0) is 20.3. The Hall–Kier alpha value is -2.92. The Labute approximate surface area is 166 Å². The molecule has 1 N–H and O–H groups in total. The first-order chi connectivity index (χ1) is 13.3. The summed E-state index contributed by atoms with van der Waals surface area (Å²) in [5.41, 5.74) is 4.93. The molecular formula is C23H23NO3S. The SMILES string of the molecule is Cc1ccc(S(=O)(=O)Cc2ccc(C(=O)Nc3c(C)cccc3C)cc2)cc1. The van der Waals surface area contributed by atoms with Crippen molar-refractivity contribution in [3.05, 3.63) is 94.5 Å². The fourth-order valence-electron chi connectivity index (χ4n) is 3.00. The Morgan fingerprint density at radius 3 is 1.96 bits per heavy atom. The summed E-state index contributed by atoms with van der Waals surface area (Å²) < 4.78 is 25.1. The first kappa shape index (κ1) is 19.8. The third-order valence-electron chi connectivity index (χ3n) is 4.67. The predicted molar refractivity (Wildman–Crippen MR) is 112 cm³/mol. The fourth-order valence-corrected chi connectivity index (χ4v) is 4.35. The number of benzene rings is 3. The van der Waals surface area contributed by atoms with Gasteiger partial charge in [0.05, 0.1) is 10.6 Å². The summed E-state index contributed by atoms with van der Waals surface area (Å²) in [7, 11) is -3.42. The molecule has 0 saturated heterocycles. The summed E-state index contributed by atoms with van der Waals surface area (Å²) in [5, 5.41) is 2.94. The second-order valence-corrected chi connectivity index (χ2v) is 8.98. The van der Waals surface area contributed by atoms with Gasteiger partial charge < -0.3 is 5.32 Å². The van der Waals surface area contributed by atoms with E-state index in [0.29, 0.717) is 16.0 Å². The molecule has 0 spiro atoms. The minimum atomic E-state index is -3.42. The summed E-state index contributed by atoms with van der Waals surface area (Å²) in [4.78, 5) is 12.8. The van der Waals surface area contributed by atoms with Gasteiger partial charge in [-0.15, -0.1) is 0 Å². The quantitative estimate of drug-likeness (QED) is 0.675. The smallest absolute Gasteiger partial charge is 0.255 e. The second-order valence-electron chi connectivity index (χ2n) is 6.99. The van der Waals surface area contributed by atoms with E-state index in [1.165, 1.54) is 0 Å². The second kappa shape index (κ2) is 7.98. The molecule has 0 saturated carbocycles. The van der Waals surface area contributed by atoms with Crippen LogP contribution in [0.5, 0.6) is 0 Å². The number of amides is 1. The minimum Gasteiger partial charge on any atom is -0.322 e. The Balaban J connectivity index is 1.74. The minimum absolute atomic E-state index is 0.102. The highest BCUT2D eigenvalue weighted by atomic mass is 32.2. The van der Waals surface area contributed by atoms with Gasteiger partial charge >= 0.3 is 0 Å². The largest absolute Gasteiger partial charge is 0.322 e. The average Bonchev–Trinajstić information content (AvgIpc) is 2.65. The maximum Gasteiger partial charge on any atom is 0.255 e. The van der Waals surface area contributed by atoms with E-state index in [0.717, 1.165) is 22.4 Å². The lowest BCUT2D eigenvalue weighted by molar-refractivity contribution is 0.102. The highest BCUT2D eigenvalue weighted by Gasteiger charge is 2.16. The topological polar surface area (TPSA) is 63.2 Å². The molecule has 3 aromatic carbocycles. The first-order valence-electron chi connectivity index (χ1n) is 9.02. The number of anilines is 1. The van der Waals surface area contributed by atoms with Crippen LogP contribution in [0.1, 0.15) is 32.6 Å². The van der Waals surface area contributed by atoms with Gasteiger partial charge in [-0.05, 0) is 61.7 Å². The Bertz CT molecular complexity index is 1080. The number of para-hydroxylation sites is 1. The van der Waals surface area contributed by atoms with E-state index in [2.05, 4.69) is 5.32 Å². The Morgan fingerprint density at radius 2 is 1.39 bits per heavy atom. The lowest BCUT2D eigenvalue weighted by atomic mass is 10.1. The van der Waals surface area contributed by atoms with Gasteiger partial charge in [0.25, 0.3) is 5.91 Å². The van der Waals surface area contributed by atoms with Gasteiger partial charge in [0.2, 0.25) is 0 Å². The van der Waals surface area contributed by atoms with Crippen molar-refractivity contribution >= 4 is 21.4 Å². The fraction of sp³-hybridized carbons (Fsp3) is 0.174. The van der Waals surface area contributed by atoms with Gasteiger partial charge in [0.1, 0.15) is 0 Å². The van der Waals surface area contributed by atoms with E-state index in [9.17, 15) is 13.2 Å². The molecule has 0 aliphatic heterocycles. The summed E-state index contributed by atoms with van der Waals surface area (Å²) in [6.45, 7) is 5.81. The summed E-state index contributed by atoms with van der Waals surface area (Å²) >= 11 is 0. The van der Waals surface area contributed by atoms with Crippen LogP contribution in [0.15, 0.2) is 71.6 Å². The van der Waals surface area contributed by atoms with Crippen LogP contribution in [0.3, 0.4) is 0 Å². The van der Waals surface area contributed by atoms with Crippen LogP contribution in [-0.2, 0) is 15.6 Å². The Morgan fingerprint density at radius 1 is 0.821 bits per heavy atom. The molecule has 0 fully saturated rings. The van der Waals surface area contributed by atoms with E-state index in [4.69, 9.17) is 0 Å². The molecule has 5 heteroatoms. The number of rotatable bonds is 5. The van der Waals surface area contributed by atoms with Crippen LogP contribution < -0.4 is 5.32 Å². The monoisotopic (exact) mass is 393 g/mol. The van der Waals surface area contributed by atoms with E-state index in [-0.39, 0.29) is 11.7 Å². The van der Waals surface area contributed by atoms with Crippen LogP contribution in [0.2, 0.25) is 0 Å². The first-order valence-corrected chi connectivity index (χ1v) is 10.7. The number of aryl methyl sites for hydroxylation is 3. The molecular weight excluding hydrogens is 370 g/mol. The molecule has 1 amide bonds. The molecule has 0 heterocycles. The third kappa shape index (κ3) is 4.49. The number of nitrogens with one attached hydrogen (secondary N) is 1. The van der Waals surface area contributed by atoms with Crippen molar-refractivity contribution in [3.8, 4) is 0 Å². The molecule has 0 radical (unpaired) electrons. The van der Waals surface area contributed by atoms with Gasteiger partial charge in [0.15, 0.2) is 9.84 Å². The van der Waals surface area contributed by atoms with Crippen molar-refractivity contribution in [1.82, 2.24) is 0 Å². The maximum absolute atomic E-state index is 12.6. The number of hydrogen-bond acceptors (Lipinski definition) is 3. The van der Waals surface area contributed by atoms with Crippen molar-refractivity contribution in [3.63, 3.8) is 0 Å². The van der Waals surface area contributed by atoms with E-state index in [1.807, 2.05) is 39.0 Å². The van der Waals surface area contributed by atoms with Crippen molar-refractivity contribution in [2.45, 2.75) is 31.4 Å². The van der Waals surface area contributed by atoms with Gasteiger partial charge in [-0.25, -0.2) is 8.42 Å². The van der Waals surface area contributed by atoms with Crippen LogP contribution in [-0.4, -0.2) is 14.3 Å². The molecule has 0 aliphatic carbocycles. The molecule has 0 atom stereocenters. The highest BCUT2D eigenvalue weighted by Crippen LogP contribution is 2.21. The molecule has 3 aromatic rings. The van der Waals surface area contributed by atoms with Crippen molar-refractivity contribution in [2.24, 2.45) is 0 Å². The molecule has 0 bridgehead atoms. The molecule has 4 nitrogen and oxygen atoms in total. The van der Waals surface area contributed by atoms with E-state index < -0.39 is 9.84 Å². The standard InChI is InChI=1S/C23H23NO3S/c1-16-7-13-21(14-8-16)28(26,27)15-19-9-11-20(12-10-19)23(25)24-22-17(2)5-4-6-18(22)3/h4-14H,15H2,1-3H3,(H,24,25). The average molecular weight is 394 g/mol. The maximum atomic E-state index is 12.6. The molecule has 3 rings (SSSR count). The zero-order valence-electron chi connectivity index (χ0n) is 16.2. The number of carbonyl (C=O) groups excluding carboxylic acids is 1. The van der Waals surface area contributed by atoms with Crippen molar-refractivity contribution in [1.29, 1.82) is 0 Å². The molecule has 0 aromatic heterocycles. The van der Waals surface area contributed by atoms with E-state index >= 15 is 0 Å². The highest BCUT2D eigenvalue weighted by molar-refractivity contribution is 7.90. The number of sulfone groups is 1. The predicted octanol–water partition coefficient (Wildman–Crippen LogP) is 4.84. The van der Waals surface area contributed by atoms with Crippen LogP contribution in [0.25, 0.3) is 0 Å². The summed E-state index contributed by atoms with van der Waals surface area (Å²) in [6.07, 6.45) is 0. The van der Waals surface area contributed by atoms with Crippen LogP contribution in [0, 0.1) is 20.8 Å². The van der Waals surface area contributed by atoms with E-state index in [1.54, 1.807) is 48.5 Å². The molecule has 28 heavy (non-hydrogen) atoms. The van der Waals surface area contributed by atoms with Crippen molar-refractivity contribution < 1.29 is 13.2 Å². The molecule has 144 valence electrons. The van der Waals surface area contributed by atoms with Gasteiger partial charge in [0, 0.05) is 11.3 Å². The molecule has 0 aliphatic rings. The summed E-state index contributed by atoms with van der Waals surface area (Å²) in [5.74, 6) is -0.320. The zero-order valence-corrected chi connectivity index (χ0v) is 17.0. The lowest BCUT2D eigenvalue weighted by Gasteiger charge is -2.12. The van der Waals surface area contributed by atoms with Gasteiger partial charge in [-0.1, -0.05) is 48.0 Å². The lowest BCUT2D eigenvalue weighted by Crippen LogP contribution is -2.14. The van der Waals surface area contributed by atoms with Crippen molar-refractivity contribution in [2.75, 3.05) is 5.32 Å². The van der Waals surface area contributed by atoms with Crippen LogP contribution >= 0.6 is 0 Å². The van der Waals surface area contributed by atoms with Crippen LogP contribution in [0.4, 0.5) is 5.69 Å². The summed E-state index contributed by atoms with van der Waals surface area (Å²) in [6, 6.07) is 19.3. The van der Waals surface area contributed by atoms with Gasteiger partial charge in [-0.3, -0.25) is 4.79 Å².